The Morgan fingerprint density at radius 2 is 2.15 bits per heavy atom. The van der Waals surface area contributed by atoms with Crippen molar-refractivity contribution in [3.63, 3.8) is 0 Å². The minimum atomic E-state index is -1.02. The quantitative estimate of drug-likeness (QED) is 0.864. The number of ether oxygens (including phenoxy) is 3. The number of methoxy groups -OCH3 is 1. The van der Waals surface area contributed by atoms with Gasteiger partial charge >= 0.3 is 0 Å². The molecule has 1 spiro atoms. The highest BCUT2D eigenvalue weighted by atomic mass is 16.6. The zero-order valence-electron chi connectivity index (χ0n) is 14.3. The number of nitrogens with two attached hydrogens (primary N) is 1. The molecular formula is C19H20N2O5. The molecule has 0 amide bonds. The number of aromatic nitrogens is 1. The Morgan fingerprint density at radius 3 is 2.92 bits per heavy atom. The van der Waals surface area contributed by atoms with E-state index in [4.69, 9.17) is 24.5 Å². The number of fused-ring (bicyclic) bond motifs is 2. The van der Waals surface area contributed by atoms with Crippen LogP contribution in [-0.4, -0.2) is 29.1 Å². The highest BCUT2D eigenvalue weighted by Gasteiger charge is 2.67. The number of aliphatic hydroxyl groups excluding tert-OH is 1. The molecule has 1 aromatic carbocycles. The number of nitrogens with zero attached hydrogens (tertiary/aromatic N) is 1. The summed E-state index contributed by atoms with van der Waals surface area (Å²) in [6.07, 6.45) is 1.50. The third-order valence-corrected chi connectivity index (χ3v) is 5.68. The van der Waals surface area contributed by atoms with Crippen molar-refractivity contribution in [1.29, 1.82) is 0 Å². The number of hydrogen-bond donors (Lipinski definition) is 2. The lowest BCUT2D eigenvalue weighted by atomic mass is 9.67. The standard InChI is InChI=1S/C19H20N2O5/c1-23-13-8-11-7-12-15(20)16-14(17(22)19(12,13)25-11)18(21-26-16)24-9-10-5-3-2-4-6-10/h2-6,8,11-12,15,17,22H,7,9,20H2,1H3/t11-,12+,15+,17?,19+/m1/s1. The molecule has 2 aliphatic heterocycles. The van der Waals surface area contributed by atoms with E-state index in [1.807, 2.05) is 36.4 Å². The molecule has 136 valence electrons. The Morgan fingerprint density at radius 1 is 1.35 bits per heavy atom. The van der Waals surface area contributed by atoms with E-state index in [2.05, 4.69) is 5.16 Å². The summed E-state index contributed by atoms with van der Waals surface area (Å²) in [5, 5.41) is 15.2. The minimum Gasteiger partial charge on any atom is -0.498 e. The molecule has 3 aliphatic rings. The predicted octanol–water partition coefficient (Wildman–Crippen LogP) is 1.99. The number of rotatable bonds is 4. The van der Waals surface area contributed by atoms with Gasteiger partial charge in [0.05, 0.1) is 24.8 Å². The Bertz CT molecular complexity index is 864. The highest BCUT2D eigenvalue weighted by Crippen LogP contribution is 2.62. The van der Waals surface area contributed by atoms with Gasteiger partial charge in [0.1, 0.15) is 18.5 Å². The van der Waals surface area contributed by atoms with Crippen molar-refractivity contribution < 1.29 is 23.8 Å². The molecule has 5 rings (SSSR count). The van der Waals surface area contributed by atoms with E-state index in [1.165, 1.54) is 0 Å². The van der Waals surface area contributed by atoms with Gasteiger partial charge in [-0.3, -0.25) is 0 Å². The highest BCUT2D eigenvalue weighted by molar-refractivity contribution is 5.45. The molecule has 2 bridgehead atoms. The molecule has 1 unspecified atom stereocenters. The van der Waals surface area contributed by atoms with Gasteiger partial charge in [-0.25, -0.2) is 0 Å². The fourth-order valence-electron chi connectivity index (χ4n) is 4.51. The first-order chi connectivity index (χ1) is 12.6. The predicted molar refractivity (Wildman–Crippen MR) is 90.0 cm³/mol. The summed E-state index contributed by atoms with van der Waals surface area (Å²) in [6, 6.07) is 9.28. The normalized spacial score (nSPS) is 34.2. The van der Waals surface area contributed by atoms with Gasteiger partial charge in [0.25, 0.3) is 5.88 Å². The number of benzene rings is 1. The average Bonchev–Trinajstić information content (AvgIpc) is 3.36. The van der Waals surface area contributed by atoms with Crippen molar-refractivity contribution >= 4 is 0 Å². The van der Waals surface area contributed by atoms with Gasteiger partial charge in [-0.15, -0.1) is 0 Å². The second-order valence-corrected chi connectivity index (χ2v) is 6.99. The van der Waals surface area contributed by atoms with E-state index >= 15 is 0 Å². The topological polar surface area (TPSA) is 100.0 Å². The first-order valence-electron chi connectivity index (χ1n) is 8.69. The zero-order chi connectivity index (χ0) is 17.9. The van der Waals surface area contributed by atoms with E-state index < -0.39 is 17.7 Å². The van der Waals surface area contributed by atoms with Crippen molar-refractivity contribution in [3.05, 3.63) is 59.1 Å². The zero-order valence-corrected chi connectivity index (χ0v) is 14.3. The molecule has 1 fully saturated rings. The van der Waals surface area contributed by atoms with Gasteiger partial charge in [0.15, 0.2) is 11.4 Å². The van der Waals surface area contributed by atoms with Gasteiger partial charge in [-0.2, -0.15) is 0 Å². The van der Waals surface area contributed by atoms with Crippen molar-refractivity contribution in [3.8, 4) is 5.88 Å². The second-order valence-electron chi connectivity index (χ2n) is 6.99. The van der Waals surface area contributed by atoms with Crippen molar-refractivity contribution in [2.24, 2.45) is 11.7 Å². The summed E-state index contributed by atoms with van der Waals surface area (Å²) in [5.74, 6) is 1.18. The van der Waals surface area contributed by atoms with Crippen LogP contribution in [0.25, 0.3) is 0 Å². The maximum atomic E-state index is 11.2. The molecule has 5 atom stereocenters. The van der Waals surface area contributed by atoms with E-state index in [0.717, 1.165) is 5.56 Å². The monoisotopic (exact) mass is 356 g/mol. The van der Waals surface area contributed by atoms with Gasteiger partial charge in [0, 0.05) is 5.92 Å². The summed E-state index contributed by atoms with van der Waals surface area (Å²) in [6.45, 7) is 0.314. The van der Waals surface area contributed by atoms with E-state index in [9.17, 15) is 5.11 Å². The molecule has 1 saturated heterocycles. The minimum absolute atomic E-state index is 0.110. The second kappa shape index (κ2) is 5.57. The summed E-state index contributed by atoms with van der Waals surface area (Å²) >= 11 is 0. The van der Waals surface area contributed by atoms with Crippen LogP contribution in [-0.2, 0) is 16.1 Å². The molecule has 1 aliphatic carbocycles. The Kier molecular flexibility index (Phi) is 3.40. The number of aliphatic hydroxyl groups is 1. The summed E-state index contributed by atoms with van der Waals surface area (Å²) < 4.78 is 22.9. The molecule has 26 heavy (non-hydrogen) atoms. The third-order valence-electron chi connectivity index (χ3n) is 5.68. The fraction of sp³-hybridized carbons (Fsp3) is 0.421. The van der Waals surface area contributed by atoms with Gasteiger partial charge in [-0.05, 0) is 23.2 Å². The first kappa shape index (κ1) is 15.9. The van der Waals surface area contributed by atoms with Gasteiger partial charge in [0.2, 0.25) is 0 Å². The largest absolute Gasteiger partial charge is 0.498 e. The van der Waals surface area contributed by atoms with Crippen LogP contribution in [0.15, 0.2) is 46.7 Å². The third kappa shape index (κ3) is 1.96. The van der Waals surface area contributed by atoms with Crippen LogP contribution in [0.4, 0.5) is 0 Å². The van der Waals surface area contributed by atoms with Crippen LogP contribution >= 0.6 is 0 Å². The van der Waals surface area contributed by atoms with Crippen molar-refractivity contribution in [2.75, 3.05) is 7.11 Å². The molecule has 7 nitrogen and oxygen atoms in total. The van der Waals surface area contributed by atoms with Gasteiger partial charge < -0.3 is 29.6 Å². The van der Waals surface area contributed by atoms with E-state index in [0.29, 0.717) is 30.1 Å². The Balaban J connectivity index is 1.51. The Labute approximate surface area is 150 Å². The van der Waals surface area contributed by atoms with Crippen molar-refractivity contribution in [2.45, 2.75) is 36.9 Å². The maximum absolute atomic E-state index is 11.2. The first-order valence-corrected chi connectivity index (χ1v) is 8.69. The van der Waals surface area contributed by atoms with Gasteiger partial charge in [-0.1, -0.05) is 30.3 Å². The molecule has 7 heteroatoms. The molecule has 2 aromatic rings. The molecule has 3 heterocycles. The summed E-state index contributed by atoms with van der Waals surface area (Å²) in [4.78, 5) is 0. The van der Waals surface area contributed by atoms with Crippen LogP contribution in [0.3, 0.4) is 0 Å². The molecule has 0 radical (unpaired) electrons. The van der Waals surface area contributed by atoms with Crippen molar-refractivity contribution in [1.82, 2.24) is 5.16 Å². The Hall–Kier alpha value is -2.35. The smallest absolute Gasteiger partial charge is 0.260 e. The fourth-order valence-corrected chi connectivity index (χ4v) is 4.51. The SMILES string of the molecule is COC1=C[C@H]2C[C@H]3[C@H](N)c4onc(OCc5ccccc5)c4C(O)[C@@]13O2. The lowest BCUT2D eigenvalue weighted by molar-refractivity contribution is -0.122. The van der Waals surface area contributed by atoms with Crippen LogP contribution in [0.2, 0.25) is 0 Å². The van der Waals surface area contributed by atoms with E-state index in [-0.39, 0.29) is 17.9 Å². The molecule has 3 N–H and O–H groups in total. The molecule has 0 saturated carbocycles. The average molecular weight is 356 g/mol. The van der Waals surface area contributed by atoms with Crippen LogP contribution in [0.5, 0.6) is 5.88 Å². The maximum Gasteiger partial charge on any atom is 0.260 e. The van der Waals surface area contributed by atoms with Crippen LogP contribution in [0, 0.1) is 5.92 Å². The summed E-state index contributed by atoms with van der Waals surface area (Å²) in [7, 11) is 1.58. The van der Waals surface area contributed by atoms with Crippen LogP contribution in [0.1, 0.15) is 35.5 Å². The summed E-state index contributed by atoms with van der Waals surface area (Å²) in [5.41, 5.74) is 6.90. The molecular weight excluding hydrogens is 336 g/mol. The molecule has 1 aromatic heterocycles. The lowest BCUT2D eigenvalue weighted by Crippen LogP contribution is -2.50. The van der Waals surface area contributed by atoms with Crippen LogP contribution < -0.4 is 10.5 Å². The lowest BCUT2D eigenvalue weighted by Gasteiger charge is -2.43. The van der Waals surface area contributed by atoms with E-state index in [1.54, 1.807) is 7.11 Å². The number of hydrogen-bond acceptors (Lipinski definition) is 7.